The highest BCUT2D eigenvalue weighted by Gasteiger charge is 2.59. The summed E-state index contributed by atoms with van der Waals surface area (Å²) >= 11 is 0. The Kier molecular flexibility index (Phi) is 2.86. The van der Waals surface area contributed by atoms with Crippen LogP contribution >= 0.6 is 0 Å². The van der Waals surface area contributed by atoms with Crippen LogP contribution in [0.4, 0.5) is 0 Å². The fourth-order valence-corrected chi connectivity index (χ4v) is 4.42. The van der Waals surface area contributed by atoms with E-state index in [9.17, 15) is 4.79 Å². The normalized spacial score (nSPS) is 29.0. The molecule has 3 fully saturated rings. The summed E-state index contributed by atoms with van der Waals surface area (Å²) in [6.45, 7) is 1.85. The van der Waals surface area contributed by atoms with Crippen LogP contribution in [0.1, 0.15) is 51.0 Å². The fourth-order valence-electron chi connectivity index (χ4n) is 4.42. The third kappa shape index (κ3) is 1.97. The molecule has 2 saturated carbocycles. The van der Waals surface area contributed by atoms with Gasteiger partial charge in [-0.1, -0.05) is 12.8 Å². The van der Waals surface area contributed by atoms with Gasteiger partial charge in [-0.15, -0.1) is 0 Å². The number of imidazole rings is 1. The van der Waals surface area contributed by atoms with Gasteiger partial charge < -0.3 is 9.47 Å². The molecule has 1 amide bonds. The molecule has 1 aromatic heterocycles. The molecule has 0 N–H and O–H groups in total. The molecule has 20 heavy (non-hydrogen) atoms. The number of rotatable bonds is 2. The molecule has 1 spiro atoms. The zero-order valence-electron chi connectivity index (χ0n) is 12.0. The van der Waals surface area contributed by atoms with Crippen molar-refractivity contribution in [3.05, 3.63) is 18.7 Å². The van der Waals surface area contributed by atoms with Crippen LogP contribution in [-0.4, -0.2) is 33.4 Å². The lowest BCUT2D eigenvalue weighted by Crippen LogP contribution is -2.40. The topological polar surface area (TPSA) is 38.1 Å². The summed E-state index contributed by atoms with van der Waals surface area (Å²) in [5, 5.41) is 0. The number of hydrogen-bond donors (Lipinski definition) is 0. The van der Waals surface area contributed by atoms with Crippen molar-refractivity contribution in [2.45, 2.75) is 51.0 Å². The maximum atomic E-state index is 12.6. The van der Waals surface area contributed by atoms with Gasteiger partial charge in [-0.3, -0.25) is 4.79 Å². The van der Waals surface area contributed by atoms with E-state index in [0.29, 0.717) is 23.3 Å². The van der Waals surface area contributed by atoms with Crippen molar-refractivity contribution in [1.29, 1.82) is 0 Å². The standard InChI is InChI=1S/C16H23N3O/c20-15(14-11-16(14)5-1-2-6-16)18-8-3-13(4-9-18)19-10-7-17-12-19/h7,10,12-14H,1-6,8-9,11H2. The zero-order chi connectivity index (χ0) is 13.6. The number of hydrogen-bond acceptors (Lipinski definition) is 2. The van der Waals surface area contributed by atoms with Crippen molar-refractivity contribution in [1.82, 2.24) is 14.5 Å². The van der Waals surface area contributed by atoms with E-state index in [1.807, 2.05) is 18.7 Å². The first-order valence-electron chi connectivity index (χ1n) is 8.05. The lowest BCUT2D eigenvalue weighted by atomic mass is 10.00. The molecular weight excluding hydrogens is 250 g/mol. The third-order valence-corrected chi connectivity index (χ3v) is 5.81. The van der Waals surface area contributed by atoms with Gasteiger partial charge >= 0.3 is 0 Å². The number of amides is 1. The Balaban J connectivity index is 1.34. The van der Waals surface area contributed by atoms with Crippen LogP contribution in [-0.2, 0) is 4.79 Å². The molecule has 1 saturated heterocycles. The first kappa shape index (κ1) is 12.4. The Bertz CT molecular complexity index is 482. The van der Waals surface area contributed by atoms with E-state index in [2.05, 4.69) is 14.5 Å². The molecule has 3 aliphatic rings. The molecular formula is C16H23N3O. The highest BCUT2D eigenvalue weighted by atomic mass is 16.2. The molecule has 0 radical (unpaired) electrons. The smallest absolute Gasteiger partial charge is 0.226 e. The minimum absolute atomic E-state index is 0.370. The number of aromatic nitrogens is 2. The Morgan fingerprint density at radius 1 is 1.20 bits per heavy atom. The lowest BCUT2D eigenvalue weighted by molar-refractivity contribution is -0.134. The number of carbonyl (C=O) groups excluding carboxylic acids is 1. The molecule has 0 aromatic carbocycles. The average Bonchev–Trinajstić information content (AvgIpc) is 2.90. The Hall–Kier alpha value is -1.32. The Labute approximate surface area is 120 Å². The first-order chi connectivity index (χ1) is 9.78. The van der Waals surface area contributed by atoms with Crippen molar-refractivity contribution in [2.75, 3.05) is 13.1 Å². The highest BCUT2D eigenvalue weighted by molar-refractivity contribution is 5.82. The van der Waals surface area contributed by atoms with Gasteiger partial charge in [-0.25, -0.2) is 4.98 Å². The second-order valence-corrected chi connectivity index (χ2v) is 6.89. The van der Waals surface area contributed by atoms with Gasteiger partial charge in [0.15, 0.2) is 0 Å². The molecule has 1 atom stereocenters. The SMILES string of the molecule is O=C(C1CC12CCCC2)N1CCC(n2ccnc2)CC1. The van der Waals surface area contributed by atoms with E-state index in [1.54, 1.807) is 0 Å². The number of nitrogens with zero attached hydrogens (tertiary/aromatic N) is 3. The number of likely N-dealkylation sites (tertiary alicyclic amines) is 1. The summed E-state index contributed by atoms with van der Waals surface area (Å²) in [7, 11) is 0. The lowest BCUT2D eigenvalue weighted by Gasteiger charge is -2.33. The summed E-state index contributed by atoms with van der Waals surface area (Å²) in [6.07, 6.45) is 14.4. The van der Waals surface area contributed by atoms with Crippen molar-refractivity contribution < 1.29 is 4.79 Å². The molecule has 0 bridgehead atoms. The molecule has 1 aromatic rings. The molecule has 2 heterocycles. The molecule has 1 unspecified atom stereocenters. The second kappa shape index (κ2) is 4.61. The number of carbonyl (C=O) groups is 1. The first-order valence-corrected chi connectivity index (χ1v) is 8.05. The summed E-state index contributed by atoms with van der Waals surface area (Å²) in [6, 6.07) is 0.529. The average molecular weight is 273 g/mol. The van der Waals surface area contributed by atoms with Crippen molar-refractivity contribution in [3.8, 4) is 0 Å². The predicted molar refractivity (Wildman–Crippen MR) is 76.1 cm³/mol. The minimum Gasteiger partial charge on any atom is -0.342 e. The van der Waals surface area contributed by atoms with Gasteiger partial charge in [0.05, 0.1) is 6.33 Å². The van der Waals surface area contributed by atoms with E-state index < -0.39 is 0 Å². The summed E-state index contributed by atoms with van der Waals surface area (Å²) in [5.41, 5.74) is 0.443. The molecule has 1 aliphatic heterocycles. The van der Waals surface area contributed by atoms with Gasteiger partial charge in [0.25, 0.3) is 0 Å². The molecule has 2 aliphatic carbocycles. The van der Waals surface area contributed by atoms with Crippen LogP contribution in [0.3, 0.4) is 0 Å². The summed E-state index contributed by atoms with van der Waals surface area (Å²) < 4.78 is 2.19. The monoisotopic (exact) mass is 273 g/mol. The van der Waals surface area contributed by atoms with Crippen molar-refractivity contribution >= 4 is 5.91 Å². The molecule has 4 rings (SSSR count). The van der Waals surface area contributed by atoms with Crippen LogP contribution < -0.4 is 0 Å². The maximum absolute atomic E-state index is 12.6. The second-order valence-electron chi connectivity index (χ2n) is 6.89. The van der Waals surface area contributed by atoms with Crippen LogP contribution in [0.15, 0.2) is 18.7 Å². The minimum atomic E-state index is 0.370. The largest absolute Gasteiger partial charge is 0.342 e. The van der Waals surface area contributed by atoms with Crippen molar-refractivity contribution in [3.63, 3.8) is 0 Å². The van der Waals surface area contributed by atoms with E-state index in [1.165, 1.54) is 32.1 Å². The van der Waals surface area contributed by atoms with E-state index in [-0.39, 0.29) is 0 Å². The Morgan fingerprint density at radius 3 is 2.60 bits per heavy atom. The van der Waals surface area contributed by atoms with Crippen LogP contribution in [0.2, 0.25) is 0 Å². The van der Waals surface area contributed by atoms with Gasteiger partial charge in [0.1, 0.15) is 0 Å². The van der Waals surface area contributed by atoms with E-state index >= 15 is 0 Å². The van der Waals surface area contributed by atoms with E-state index in [4.69, 9.17) is 0 Å². The molecule has 4 heteroatoms. The van der Waals surface area contributed by atoms with Gasteiger partial charge in [-0.2, -0.15) is 0 Å². The summed E-state index contributed by atoms with van der Waals surface area (Å²) in [5.74, 6) is 0.825. The highest BCUT2D eigenvalue weighted by Crippen LogP contribution is 2.63. The van der Waals surface area contributed by atoms with Gasteiger partial charge in [-0.05, 0) is 37.5 Å². The van der Waals surface area contributed by atoms with Gasteiger partial charge in [0, 0.05) is 37.4 Å². The molecule has 4 nitrogen and oxygen atoms in total. The predicted octanol–water partition coefficient (Wildman–Crippen LogP) is 2.63. The number of piperidine rings is 1. The maximum Gasteiger partial charge on any atom is 0.226 e. The summed E-state index contributed by atoms with van der Waals surface area (Å²) in [4.78, 5) is 18.9. The van der Waals surface area contributed by atoms with Crippen LogP contribution in [0.5, 0.6) is 0 Å². The molecule has 108 valence electrons. The zero-order valence-corrected chi connectivity index (χ0v) is 12.0. The Morgan fingerprint density at radius 2 is 1.95 bits per heavy atom. The van der Waals surface area contributed by atoms with E-state index in [0.717, 1.165) is 25.9 Å². The van der Waals surface area contributed by atoms with Crippen LogP contribution in [0.25, 0.3) is 0 Å². The third-order valence-electron chi connectivity index (χ3n) is 5.81. The van der Waals surface area contributed by atoms with Gasteiger partial charge in [0.2, 0.25) is 5.91 Å². The van der Waals surface area contributed by atoms with Crippen molar-refractivity contribution in [2.24, 2.45) is 11.3 Å². The quantitative estimate of drug-likeness (QED) is 0.831. The fraction of sp³-hybridized carbons (Fsp3) is 0.750. The van der Waals surface area contributed by atoms with Crippen LogP contribution in [0, 0.1) is 11.3 Å².